The lowest BCUT2D eigenvalue weighted by Crippen LogP contribution is -2.09. The molecule has 17 heavy (non-hydrogen) atoms. The van der Waals surface area contributed by atoms with Crippen LogP contribution in [0.2, 0.25) is 0 Å². The van der Waals surface area contributed by atoms with Gasteiger partial charge in [0.1, 0.15) is 5.82 Å². The first-order valence-corrected chi connectivity index (χ1v) is 5.02. The minimum atomic E-state index is -1.12. The van der Waals surface area contributed by atoms with Crippen LogP contribution in [0.3, 0.4) is 0 Å². The number of carbonyl (C=O) groups is 1. The number of aromatic amines is 1. The molecule has 0 radical (unpaired) electrons. The van der Waals surface area contributed by atoms with Gasteiger partial charge in [-0.1, -0.05) is 12.1 Å². The zero-order valence-electron chi connectivity index (χ0n) is 8.97. The van der Waals surface area contributed by atoms with Crippen LogP contribution in [0.25, 0.3) is 0 Å². The summed E-state index contributed by atoms with van der Waals surface area (Å²) in [6.45, 7) is 0. The fraction of sp³-hybridized carbons (Fsp3) is 0.0909. The molecule has 1 aromatic heterocycles. The van der Waals surface area contributed by atoms with Crippen molar-refractivity contribution in [3.8, 4) is 0 Å². The van der Waals surface area contributed by atoms with E-state index in [1.165, 1.54) is 0 Å². The largest absolute Gasteiger partial charge is 0.465 e. The fourth-order valence-electron chi connectivity index (χ4n) is 1.52. The molecule has 5 N–H and O–H groups in total. The van der Waals surface area contributed by atoms with Crippen molar-refractivity contribution in [2.75, 3.05) is 11.1 Å². The van der Waals surface area contributed by atoms with Gasteiger partial charge in [-0.3, -0.25) is 10.4 Å². The number of amides is 1. The molecule has 1 heterocycles. The molecule has 0 fully saturated rings. The Morgan fingerprint density at radius 1 is 1.41 bits per heavy atom. The van der Waals surface area contributed by atoms with Gasteiger partial charge >= 0.3 is 6.09 Å². The van der Waals surface area contributed by atoms with Crippen molar-refractivity contribution in [3.05, 3.63) is 41.6 Å². The van der Waals surface area contributed by atoms with E-state index in [-0.39, 0.29) is 0 Å². The van der Waals surface area contributed by atoms with Gasteiger partial charge in [0.05, 0.1) is 6.20 Å². The number of H-pyrrole nitrogens is 1. The Kier molecular flexibility index (Phi) is 2.95. The van der Waals surface area contributed by atoms with Crippen molar-refractivity contribution >= 4 is 17.6 Å². The Morgan fingerprint density at radius 2 is 2.12 bits per heavy atom. The molecule has 0 aliphatic heterocycles. The Balaban J connectivity index is 2.15. The van der Waals surface area contributed by atoms with E-state index in [9.17, 15) is 4.79 Å². The smallest absolute Gasteiger partial charge is 0.410 e. The molecular formula is C11H12N4O2. The third-order valence-corrected chi connectivity index (χ3v) is 2.32. The van der Waals surface area contributed by atoms with Crippen LogP contribution in [0.15, 0.2) is 30.5 Å². The maximum absolute atomic E-state index is 10.5. The van der Waals surface area contributed by atoms with Crippen LogP contribution in [-0.4, -0.2) is 21.4 Å². The van der Waals surface area contributed by atoms with E-state index in [0.717, 1.165) is 11.1 Å². The van der Waals surface area contributed by atoms with Gasteiger partial charge in [0.15, 0.2) is 0 Å². The monoisotopic (exact) mass is 232 g/mol. The first-order chi connectivity index (χ1) is 8.15. The zero-order chi connectivity index (χ0) is 12.3. The highest BCUT2D eigenvalue weighted by Crippen LogP contribution is 2.17. The second-order valence-electron chi connectivity index (χ2n) is 3.62. The summed E-state index contributed by atoms with van der Waals surface area (Å²) in [5.41, 5.74) is 8.11. The molecule has 2 aromatic rings. The number of nitrogens with two attached hydrogens (primary N) is 1. The fourth-order valence-corrected chi connectivity index (χ4v) is 1.52. The van der Waals surface area contributed by atoms with Gasteiger partial charge in [-0.05, 0) is 17.7 Å². The topological polar surface area (TPSA) is 104 Å². The average molecular weight is 232 g/mol. The van der Waals surface area contributed by atoms with Gasteiger partial charge in [0, 0.05) is 17.7 Å². The van der Waals surface area contributed by atoms with Crippen LogP contribution < -0.4 is 11.1 Å². The Labute approximate surface area is 97.5 Å². The molecule has 88 valence electrons. The van der Waals surface area contributed by atoms with Gasteiger partial charge in [0.2, 0.25) is 0 Å². The summed E-state index contributed by atoms with van der Waals surface area (Å²) in [5, 5.41) is 17.3. The van der Waals surface area contributed by atoms with Crippen molar-refractivity contribution in [2.45, 2.75) is 6.42 Å². The second-order valence-corrected chi connectivity index (χ2v) is 3.62. The van der Waals surface area contributed by atoms with E-state index in [0.29, 0.717) is 17.9 Å². The number of nitrogens with zero attached hydrogens (tertiary/aromatic N) is 1. The number of nitrogen functional groups attached to an aromatic ring is 1. The second kappa shape index (κ2) is 4.56. The summed E-state index contributed by atoms with van der Waals surface area (Å²) >= 11 is 0. The predicted octanol–water partition coefficient (Wildman–Crippen LogP) is 1.67. The van der Waals surface area contributed by atoms with E-state index in [1.54, 1.807) is 18.3 Å². The van der Waals surface area contributed by atoms with Crippen molar-refractivity contribution in [2.24, 2.45) is 0 Å². The van der Waals surface area contributed by atoms with E-state index >= 15 is 0 Å². The summed E-state index contributed by atoms with van der Waals surface area (Å²) < 4.78 is 0. The molecule has 6 heteroatoms. The summed E-state index contributed by atoms with van der Waals surface area (Å²) in [6, 6.07) is 7.40. The van der Waals surface area contributed by atoms with Crippen molar-refractivity contribution < 1.29 is 9.90 Å². The summed E-state index contributed by atoms with van der Waals surface area (Å²) in [4.78, 5) is 10.5. The molecule has 0 atom stereocenters. The first-order valence-electron chi connectivity index (χ1n) is 5.02. The zero-order valence-corrected chi connectivity index (χ0v) is 8.97. The molecule has 0 aliphatic carbocycles. The van der Waals surface area contributed by atoms with Crippen molar-refractivity contribution in [1.82, 2.24) is 10.2 Å². The molecule has 0 saturated heterocycles. The van der Waals surface area contributed by atoms with Crippen LogP contribution in [0.5, 0.6) is 0 Å². The van der Waals surface area contributed by atoms with Crippen LogP contribution >= 0.6 is 0 Å². The number of anilines is 2. The third kappa shape index (κ3) is 2.75. The number of nitrogens with one attached hydrogen (secondary N) is 2. The summed E-state index contributed by atoms with van der Waals surface area (Å²) in [5.74, 6) is 0.398. The number of aromatic nitrogens is 2. The third-order valence-electron chi connectivity index (χ3n) is 2.32. The lowest BCUT2D eigenvalue weighted by molar-refractivity contribution is 0.209. The molecule has 1 amide bonds. The minimum absolute atomic E-state index is 0.398. The van der Waals surface area contributed by atoms with E-state index < -0.39 is 6.09 Å². The molecule has 0 aliphatic rings. The molecule has 1 aromatic carbocycles. The predicted molar refractivity (Wildman–Crippen MR) is 63.9 cm³/mol. The van der Waals surface area contributed by atoms with Gasteiger partial charge in [-0.2, -0.15) is 5.10 Å². The number of benzene rings is 1. The van der Waals surface area contributed by atoms with Crippen LogP contribution in [0.4, 0.5) is 16.3 Å². The molecule has 0 saturated carbocycles. The number of hydrogen-bond acceptors (Lipinski definition) is 3. The first kappa shape index (κ1) is 11.0. The van der Waals surface area contributed by atoms with Gasteiger partial charge in [0.25, 0.3) is 0 Å². The quantitative estimate of drug-likeness (QED) is 0.604. The van der Waals surface area contributed by atoms with Crippen molar-refractivity contribution in [1.29, 1.82) is 0 Å². The van der Waals surface area contributed by atoms with E-state index in [1.807, 2.05) is 12.1 Å². The van der Waals surface area contributed by atoms with Gasteiger partial charge in [-0.15, -0.1) is 0 Å². The van der Waals surface area contributed by atoms with Crippen LogP contribution in [-0.2, 0) is 6.42 Å². The van der Waals surface area contributed by atoms with Crippen LogP contribution in [0, 0.1) is 0 Å². The normalized spacial score (nSPS) is 10.1. The van der Waals surface area contributed by atoms with Crippen LogP contribution in [0.1, 0.15) is 11.1 Å². The lowest BCUT2D eigenvalue weighted by atomic mass is 10.1. The highest BCUT2D eigenvalue weighted by molar-refractivity contribution is 5.82. The Morgan fingerprint density at radius 3 is 2.76 bits per heavy atom. The van der Waals surface area contributed by atoms with Crippen molar-refractivity contribution in [3.63, 3.8) is 0 Å². The maximum Gasteiger partial charge on any atom is 0.410 e. The minimum Gasteiger partial charge on any atom is -0.465 e. The number of hydrogen-bond donors (Lipinski definition) is 4. The number of carboxylic acid groups (broad SMARTS) is 1. The maximum atomic E-state index is 10.5. The molecule has 0 spiro atoms. The average Bonchev–Trinajstić information content (AvgIpc) is 2.68. The van der Waals surface area contributed by atoms with Gasteiger partial charge < -0.3 is 10.8 Å². The molecule has 0 unspecified atom stereocenters. The number of rotatable bonds is 3. The van der Waals surface area contributed by atoms with E-state index in [2.05, 4.69) is 15.5 Å². The molecule has 6 nitrogen and oxygen atoms in total. The lowest BCUT2D eigenvalue weighted by Gasteiger charge is -2.03. The highest BCUT2D eigenvalue weighted by atomic mass is 16.4. The highest BCUT2D eigenvalue weighted by Gasteiger charge is 2.08. The van der Waals surface area contributed by atoms with Gasteiger partial charge in [-0.25, -0.2) is 4.79 Å². The SMILES string of the molecule is Nc1ccc(Cc2cn[nH]c2NC(=O)O)cc1. The molecule has 2 rings (SSSR count). The Hall–Kier alpha value is -2.50. The van der Waals surface area contributed by atoms with E-state index in [4.69, 9.17) is 10.8 Å². The standard InChI is InChI=1S/C11H12N4O2/c12-9-3-1-7(2-4-9)5-8-6-13-15-10(8)14-11(16)17/h1-4,6H,5,12H2,(H,16,17)(H2,13,14,15). The summed E-state index contributed by atoms with van der Waals surface area (Å²) in [7, 11) is 0. The molecule has 0 bridgehead atoms. The molecular weight excluding hydrogens is 220 g/mol. The summed E-state index contributed by atoms with van der Waals surface area (Å²) in [6.07, 6.45) is 1.07. The Bertz CT molecular complexity index is 519.